The molecule has 1 N–H and O–H groups in total. The van der Waals surface area contributed by atoms with Gasteiger partial charge in [-0.3, -0.25) is 4.79 Å². The van der Waals surface area contributed by atoms with E-state index in [2.05, 4.69) is 10.3 Å². The van der Waals surface area contributed by atoms with Crippen molar-refractivity contribution in [2.45, 2.75) is 11.4 Å². The maximum Gasteiger partial charge on any atom is 0.253 e. The summed E-state index contributed by atoms with van der Waals surface area (Å²) in [5.74, 6) is -0.442. The normalized spacial score (nSPS) is 15.0. The number of imidazole rings is 1. The van der Waals surface area contributed by atoms with E-state index in [0.29, 0.717) is 13.2 Å². The second-order valence-corrected chi connectivity index (χ2v) is 9.32. The van der Waals surface area contributed by atoms with Crippen LogP contribution in [-0.4, -0.2) is 54.5 Å². The first-order chi connectivity index (χ1) is 14.9. The second kappa shape index (κ2) is 9.19. The van der Waals surface area contributed by atoms with Gasteiger partial charge in [0.15, 0.2) is 0 Å². The van der Waals surface area contributed by atoms with Crippen molar-refractivity contribution in [3.63, 3.8) is 0 Å². The number of carbonyl (C=O) groups excluding carboxylic acids is 1. The third-order valence-electron chi connectivity index (χ3n) is 4.98. The van der Waals surface area contributed by atoms with E-state index in [4.69, 9.17) is 16.3 Å². The molecule has 0 aliphatic carbocycles. The zero-order valence-corrected chi connectivity index (χ0v) is 18.1. The zero-order valence-electron chi connectivity index (χ0n) is 16.6. The van der Waals surface area contributed by atoms with Crippen molar-refractivity contribution in [3.05, 3.63) is 77.3 Å². The maximum atomic E-state index is 12.9. The van der Waals surface area contributed by atoms with Crippen LogP contribution in [0.25, 0.3) is 5.69 Å². The van der Waals surface area contributed by atoms with Crippen LogP contribution < -0.4 is 5.32 Å². The molecule has 0 radical (unpaired) electrons. The van der Waals surface area contributed by atoms with Crippen molar-refractivity contribution in [1.82, 2.24) is 19.2 Å². The summed E-state index contributed by atoms with van der Waals surface area (Å²) in [6, 6.07) is 11.8. The standard InChI is InChI=1S/C21H21ClN4O4S/c22-20-6-5-18(31(28,29)26-9-11-30-12-10-26)13-19(20)21(27)24-14-16-1-3-17(4-2-16)25-8-7-23-15-25/h1-8,13,15H,9-12,14H2,(H,24,27). The number of ether oxygens (including phenoxy) is 1. The lowest BCUT2D eigenvalue weighted by Gasteiger charge is -2.26. The third-order valence-corrected chi connectivity index (χ3v) is 7.21. The minimum atomic E-state index is -3.72. The average Bonchev–Trinajstić information content (AvgIpc) is 3.33. The number of carbonyl (C=O) groups is 1. The van der Waals surface area contributed by atoms with Gasteiger partial charge in [-0.05, 0) is 35.9 Å². The van der Waals surface area contributed by atoms with Crippen LogP contribution in [0.4, 0.5) is 0 Å². The van der Waals surface area contributed by atoms with Crippen molar-refractivity contribution < 1.29 is 17.9 Å². The highest BCUT2D eigenvalue weighted by Gasteiger charge is 2.27. The number of benzene rings is 2. The van der Waals surface area contributed by atoms with Crippen molar-refractivity contribution in [1.29, 1.82) is 0 Å². The number of amides is 1. The number of hydrogen-bond acceptors (Lipinski definition) is 5. The molecule has 1 aliphatic heterocycles. The third kappa shape index (κ3) is 4.80. The average molecular weight is 461 g/mol. The van der Waals surface area contributed by atoms with Gasteiger partial charge in [0.1, 0.15) is 0 Å². The molecule has 3 aromatic rings. The Morgan fingerprint density at radius 2 is 1.87 bits per heavy atom. The number of nitrogens with one attached hydrogen (secondary N) is 1. The Hall–Kier alpha value is -2.72. The summed E-state index contributed by atoms with van der Waals surface area (Å²) >= 11 is 6.19. The fourth-order valence-electron chi connectivity index (χ4n) is 3.25. The van der Waals surface area contributed by atoms with Crippen LogP contribution in [0, 0.1) is 0 Å². The predicted octanol–water partition coefficient (Wildman–Crippen LogP) is 2.48. The fourth-order valence-corrected chi connectivity index (χ4v) is 4.89. The monoisotopic (exact) mass is 460 g/mol. The molecule has 0 atom stereocenters. The van der Waals surface area contributed by atoms with Gasteiger partial charge in [0.2, 0.25) is 10.0 Å². The molecule has 1 saturated heterocycles. The Labute approximate surface area is 185 Å². The van der Waals surface area contributed by atoms with E-state index in [1.165, 1.54) is 22.5 Å². The van der Waals surface area contributed by atoms with Crippen LogP contribution in [0.5, 0.6) is 0 Å². The number of aromatic nitrogens is 2. The van der Waals surface area contributed by atoms with Crippen molar-refractivity contribution in [2.24, 2.45) is 0 Å². The first-order valence-electron chi connectivity index (χ1n) is 9.68. The molecule has 1 aromatic heterocycles. The highest BCUT2D eigenvalue weighted by atomic mass is 35.5. The van der Waals surface area contributed by atoms with Crippen molar-refractivity contribution in [2.75, 3.05) is 26.3 Å². The van der Waals surface area contributed by atoms with E-state index in [9.17, 15) is 13.2 Å². The van der Waals surface area contributed by atoms with Gasteiger partial charge in [-0.15, -0.1) is 0 Å². The SMILES string of the molecule is O=C(NCc1ccc(-n2ccnc2)cc1)c1cc(S(=O)(=O)N2CCOCC2)ccc1Cl. The summed E-state index contributed by atoms with van der Waals surface area (Å²) in [7, 11) is -3.72. The Kier molecular flexibility index (Phi) is 6.38. The number of rotatable bonds is 6. The smallest absolute Gasteiger partial charge is 0.253 e. The van der Waals surface area contributed by atoms with E-state index in [-0.39, 0.29) is 35.1 Å². The molecular formula is C21H21ClN4O4S. The fraction of sp³-hybridized carbons (Fsp3) is 0.238. The molecule has 0 saturated carbocycles. The molecular weight excluding hydrogens is 440 g/mol. The number of morpholine rings is 1. The van der Waals surface area contributed by atoms with Crippen LogP contribution >= 0.6 is 11.6 Å². The molecule has 0 spiro atoms. The second-order valence-electron chi connectivity index (χ2n) is 6.98. The zero-order chi connectivity index (χ0) is 21.8. The molecule has 8 nitrogen and oxygen atoms in total. The Bertz CT molecular complexity index is 1160. The first kappa shape index (κ1) is 21.5. The van der Waals surface area contributed by atoms with Gasteiger partial charge in [-0.25, -0.2) is 13.4 Å². The highest BCUT2D eigenvalue weighted by Crippen LogP contribution is 2.24. The molecule has 162 valence electrons. The van der Waals surface area contributed by atoms with Gasteiger partial charge in [0, 0.05) is 37.7 Å². The van der Waals surface area contributed by atoms with Gasteiger partial charge >= 0.3 is 0 Å². The van der Waals surface area contributed by atoms with Gasteiger partial charge in [0.25, 0.3) is 5.91 Å². The summed E-state index contributed by atoms with van der Waals surface area (Å²) in [5.41, 5.74) is 1.97. The van der Waals surface area contributed by atoms with Crippen LogP contribution in [0.3, 0.4) is 0 Å². The quantitative estimate of drug-likeness (QED) is 0.610. The van der Waals surface area contributed by atoms with Gasteiger partial charge < -0.3 is 14.6 Å². The molecule has 31 heavy (non-hydrogen) atoms. The lowest BCUT2D eigenvalue weighted by atomic mass is 10.1. The highest BCUT2D eigenvalue weighted by molar-refractivity contribution is 7.89. The summed E-state index contributed by atoms with van der Waals surface area (Å²) in [6.07, 6.45) is 5.25. The minimum Gasteiger partial charge on any atom is -0.379 e. The number of sulfonamides is 1. The van der Waals surface area contributed by atoms with Crippen LogP contribution in [0.2, 0.25) is 5.02 Å². The van der Waals surface area contributed by atoms with E-state index >= 15 is 0 Å². The first-order valence-corrected chi connectivity index (χ1v) is 11.5. The van der Waals surface area contributed by atoms with Crippen LogP contribution in [0.1, 0.15) is 15.9 Å². The van der Waals surface area contributed by atoms with Crippen molar-refractivity contribution >= 4 is 27.5 Å². The molecule has 1 fully saturated rings. The molecule has 10 heteroatoms. The van der Waals surface area contributed by atoms with Crippen molar-refractivity contribution in [3.8, 4) is 5.69 Å². The number of hydrogen-bond donors (Lipinski definition) is 1. The molecule has 0 unspecified atom stereocenters. The largest absolute Gasteiger partial charge is 0.379 e. The van der Waals surface area contributed by atoms with Gasteiger partial charge in [0.05, 0.1) is 35.0 Å². The van der Waals surface area contributed by atoms with Gasteiger partial charge in [-0.1, -0.05) is 23.7 Å². The predicted molar refractivity (Wildman–Crippen MR) is 116 cm³/mol. The molecule has 1 amide bonds. The summed E-state index contributed by atoms with van der Waals surface area (Å²) in [5, 5.41) is 2.99. The van der Waals surface area contributed by atoms with E-state index < -0.39 is 15.9 Å². The van der Waals surface area contributed by atoms with E-state index in [1.54, 1.807) is 12.5 Å². The Morgan fingerprint density at radius 1 is 1.13 bits per heavy atom. The Balaban J connectivity index is 1.46. The summed E-state index contributed by atoms with van der Waals surface area (Å²) < 4.78 is 34.2. The van der Waals surface area contributed by atoms with Gasteiger partial charge in [-0.2, -0.15) is 4.31 Å². The van der Waals surface area contributed by atoms with E-state index in [0.717, 1.165) is 11.3 Å². The summed E-state index contributed by atoms with van der Waals surface area (Å²) in [4.78, 5) is 16.8. The van der Waals surface area contributed by atoms with Crippen LogP contribution in [0.15, 0.2) is 66.1 Å². The molecule has 2 heterocycles. The van der Waals surface area contributed by atoms with Crippen LogP contribution in [-0.2, 0) is 21.3 Å². The molecule has 1 aliphatic rings. The number of halogens is 1. The molecule has 2 aromatic carbocycles. The minimum absolute atomic E-state index is 0.0358. The maximum absolute atomic E-state index is 12.9. The number of nitrogens with zero attached hydrogens (tertiary/aromatic N) is 3. The topological polar surface area (TPSA) is 93.5 Å². The lowest BCUT2D eigenvalue weighted by molar-refractivity contribution is 0.0730. The summed E-state index contributed by atoms with van der Waals surface area (Å²) in [6.45, 7) is 1.53. The molecule has 0 bridgehead atoms. The molecule has 4 rings (SSSR count). The van der Waals surface area contributed by atoms with E-state index in [1.807, 2.05) is 35.0 Å². The lowest BCUT2D eigenvalue weighted by Crippen LogP contribution is -2.40. The Morgan fingerprint density at radius 3 is 2.55 bits per heavy atom.